The van der Waals surface area contributed by atoms with Gasteiger partial charge < -0.3 is 0 Å². The summed E-state index contributed by atoms with van der Waals surface area (Å²) in [6, 6.07) is 6.63. The van der Waals surface area contributed by atoms with Crippen LogP contribution in [0.5, 0.6) is 0 Å². The summed E-state index contributed by atoms with van der Waals surface area (Å²) in [5, 5.41) is 0. The fourth-order valence-electron chi connectivity index (χ4n) is 1.30. The van der Waals surface area contributed by atoms with Gasteiger partial charge in [0.15, 0.2) is 0 Å². The number of rotatable bonds is 2. The lowest BCUT2D eigenvalue weighted by Gasteiger charge is -2.00. The number of benzene rings is 1. The Morgan fingerprint density at radius 1 is 1.22 bits per heavy atom. The fourth-order valence-corrected chi connectivity index (χ4v) is 3.37. The molecule has 4 nitrogen and oxygen atoms in total. The standard InChI is InChI=1S/C12H10N2O2S2/c1-3-4-11-13-12(17-14-11)18(15,16)10-7-5-9(2)6-8-10/h5-8H,1-2H3. The van der Waals surface area contributed by atoms with Crippen molar-refractivity contribution in [1.29, 1.82) is 0 Å². The SMILES string of the molecule is CC#Cc1nsc(S(=O)(=O)c2ccc(C)cc2)n1. The molecule has 2 rings (SSSR count). The summed E-state index contributed by atoms with van der Waals surface area (Å²) < 4.78 is 28.3. The molecule has 0 fully saturated rings. The highest BCUT2D eigenvalue weighted by atomic mass is 32.2. The van der Waals surface area contributed by atoms with E-state index >= 15 is 0 Å². The first kappa shape index (κ1) is 12.7. The lowest BCUT2D eigenvalue weighted by Crippen LogP contribution is -2.01. The Balaban J connectivity index is 2.46. The molecule has 92 valence electrons. The van der Waals surface area contributed by atoms with Crippen molar-refractivity contribution in [3.05, 3.63) is 35.7 Å². The Labute approximate surface area is 110 Å². The quantitative estimate of drug-likeness (QED) is 0.789. The third-order valence-corrected chi connectivity index (χ3v) is 5.04. The van der Waals surface area contributed by atoms with E-state index in [1.165, 1.54) is 0 Å². The van der Waals surface area contributed by atoms with Crippen LogP contribution in [-0.2, 0) is 9.84 Å². The van der Waals surface area contributed by atoms with Crippen LogP contribution in [0.1, 0.15) is 18.3 Å². The Morgan fingerprint density at radius 2 is 1.89 bits per heavy atom. The van der Waals surface area contributed by atoms with E-state index in [2.05, 4.69) is 21.2 Å². The Morgan fingerprint density at radius 3 is 2.50 bits per heavy atom. The van der Waals surface area contributed by atoms with E-state index in [9.17, 15) is 8.42 Å². The third-order valence-electron chi connectivity index (χ3n) is 2.21. The largest absolute Gasteiger partial charge is 0.235 e. The van der Waals surface area contributed by atoms with Crippen molar-refractivity contribution in [2.24, 2.45) is 0 Å². The summed E-state index contributed by atoms with van der Waals surface area (Å²) in [4.78, 5) is 4.14. The highest BCUT2D eigenvalue weighted by Crippen LogP contribution is 2.22. The van der Waals surface area contributed by atoms with Crippen molar-refractivity contribution in [3.63, 3.8) is 0 Å². The first-order chi connectivity index (χ1) is 8.54. The van der Waals surface area contributed by atoms with Gasteiger partial charge in [0, 0.05) is 0 Å². The van der Waals surface area contributed by atoms with E-state index in [4.69, 9.17) is 0 Å². The molecule has 0 aliphatic carbocycles. The van der Waals surface area contributed by atoms with Gasteiger partial charge in [-0.05, 0) is 43.4 Å². The monoisotopic (exact) mass is 278 g/mol. The normalized spacial score (nSPS) is 10.8. The Kier molecular flexibility index (Phi) is 3.45. The van der Waals surface area contributed by atoms with Crippen LogP contribution < -0.4 is 0 Å². The number of hydrogen-bond donors (Lipinski definition) is 0. The lowest BCUT2D eigenvalue weighted by atomic mass is 10.2. The zero-order chi connectivity index (χ0) is 13.2. The molecule has 0 aliphatic rings. The van der Waals surface area contributed by atoms with Crippen LogP contribution in [0.3, 0.4) is 0 Å². The number of nitrogens with zero attached hydrogens (tertiary/aromatic N) is 2. The maximum atomic E-state index is 12.2. The molecule has 18 heavy (non-hydrogen) atoms. The first-order valence-corrected chi connectivity index (χ1v) is 7.38. The topological polar surface area (TPSA) is 59.9 Å². The van der Waals surface area contributed by atoms with Crippen LogP contribution in [0.4, 0.5) is 0 Å². The van der Waals surface area contributed by atoms with Crippen molar-refractivity contribution in [3.8, 4) is 11.8 Å². The lowest BCUT2D eigenvalue weighted by molar-refractivity contribution is 0.595. The van der Waals surface area contributed by atoms with Crippen molar-refractivity contribution in [2.75, 3.05) is 0 Å². The van der Waals surface area contributed by atoms with Gasteiger partial charge in [0.2, 0.25) is 20.0 Å². The van der Waals surface area contributed by atoms with Gasteiger partial charge in [0.05, 0.1) is 4.90 Å². The van der Waals surface area contributed by atoms with Crippen LogP contribution in [0.2, 0.25) is 0 Å². The molecule has 0 amide bonds. The summed E-state index contributed by atoms with van der Waals surface area (Å²) in [6.45, 7) is 3.55. The van der Waals surface area contributed by atoms with Gasteiger partial charge in [-0.15, -0.1) is 0 Å². The Hall–Kier alpha value is -1.71. The molecule has 2 aromatic rings. The molecule has 0 saturated heterocycles. The number of aromatic nitrogens is 2. The van der Waals surface area contributed by atoms with Crippen molar-refractivity contribution < 1.29 is 8.42 Å². The molecule has 1 aromatic carbocycles. The third kappa shape index (κ3) is 2.42. The second kappa shape index (κ2) is 4.88. The second-order valence-corrected chi connectivity index (χ2v) is 6.45. The van der Waals surface area contributed by atoms with Crippen molar-refractivity contribution in [1.82, 2.24) is 9.36 Å². The highest BCUT2D eigenvalue weighted by molar-refractivity contribution is 7.93. The molecular weight excluding hydrogens is 268 g/mol. The maximum Gasteiger partial charge on any atom is 0.235 e. The van der Waals surface area contributed by atoms with Crippen molar-refractivity contribution >= 4 is 21.4 Å². The first-order valence-electron chi connectivity index (χ1n) is 5.12. The smallest absolute Gasteiger partial charge is 0.216 e. The molecule has 0 aliphatic heterocycles. The minimum Gasteiger partial charge on any atom is -0.216 e. The summed E-state index contributed by atoms with van der Waals surface area (Å²) in [7, 11) is -3.58. The van der Waals surface area contributed by atoms with Gasteiger partial charge in [-0.1, -0.05) is 23.6 Å². The predicted molar refractivity (Wildman–Crippen MR) is 69.1 cm³/mol. The van der Waals surface area contributed by atoms with E-state index in [-0.39, 0.29) is 15.1 Å². The zero-order valence-corrected chi connectivity index (χ0v) is 11.5. The van der Waals surface area contributed by atoms with E-state index in [1.54, 1.807) is 31.2 Å². The van der Waals surface area contributed by atoms with Gasteiger partial charge in [0.1, 0.15) is 0 Å². The average Bonchev–Trinajstić information content (AvgIpc) is 2.79. The summed E-state index contributed by atoms with van der Waals surface area (Å²) >= 11 is 0.844. The van der Waals surface area contributed by atoms with E-state index in [0.717, 1.165) is 17.1 Å². The summed E-state index contributed by atoms with van der Waals surface area (Å²) in [5.41, 5.74) is 1.00. The van der Waals surface area contributed by atoms with E-state index < -0.39 is 9.84 Å². The predicted octanol–water partition coefficient (Wildman–Crippen LogP) is 2.05. The molecule has 0 N–H and O–H groups in total. The highest BCUT2D eigenvalue weighted by Gasteiger charge is 2.22. The van der Waals surface area contributed by atoms with Crippen LogP contribution in [0, 0.1) is 18.8 Å². The minimum atomic E-state index is -3.58. The van der Waals surface area contributed by atoms with Gasteiger partial charge in [0.25, 0.3) is 0 Å². The zero-order valence-electron chi connectivity index (χ0n) is 9.84. The molecule has 0 spiro atoms. The molecule has 0 radical (unpaired) electrons. The fraction of sp³-hybridized carbons (Fsp3) is 0.167. The van der Waals surface area contributed by atoms with Crippen molar-refractivity contribution in [2.45, 2.75) is 23.1 Å². The molecule has 0 unspecified atom stereocenters. The van der Waals surface area contributed by atoms with E-state index in [0.29, 0.717) is 0 Å². The summed E-state index contributed by atoms with van der Waals surface area (Å²) in [6.07, 6.45) is 0. The van der Waals surface area contributed by atoms with Crippen LogP contribution >= 0.6 is 11.5 Å². The molecule has 0 saturated carbocycles. The molecule has 0 bridgehead atoms. The number of hydrogen-bond acceptors (Lipinski definition) is 5. The molecular formula is C12H10N2O2S2. The minimum absolute atomic E-state index is 0.0240. The van der Waals surface area contributed by atoms with Gasteiger partial charge >= 0.3 is 0 Å². The van der Waals surface area contributed by atoms with Gasteiger partial charge in [-0.2, -0.15) is 9.36 Å². The van der Waals surface area contributed by atoms with Gasteiger partial charge in [-0.25, -0.2) is 8.42 Å². The molecule has 1 heterocycles. The average molecular weight is 278 g/mol. The molecule has 6 heteroatoms. The second-order valence-electron chi connectivity index (χ2n) is 3.58. The Bertz CT molecular complexity index is 719. The number of sulfone groups is 1. The van der Waals surface area contributed by atoms with Crippen LogP contribution in [0.25, 0.3) is 0 Å². The summed E-state index contributed by atoms with van der Waals surface area (Å²) in [5.74, 6) is 5.51. The molecule has 1 aromatic heterocycles. The molecule has 0 atom stereocenters. The van der Waals surface area contributed by atoms with Gasteiger partial charge in [-0.3, -0.25) is 0 Å². The van der Waals surface area contributed by atoms with Crippen LogP contribution in [0.15, 0.2) is 33.5 Å². The van der Waals surface area contributed by atoms with Crippen LogP contribution in [-0.4, -0.2) is 17.8 Å². The van der Waals surface area contributed by atoms with E-state index in [1.807, 2.05) is 6.92 Å². The number of aryl methyl sites for hydroxylation is 1. The maximum absolute atomic E-state index is 12.2.